The summed E-state index contributed by atoms with van der Waals surface area (Å²) >= 11 is 0. The van der Waals surface area contributed by atoms with Crippen LogP contribution in [0, 0.1) is 5.41 Å². The molecule has 0 aromatic heterocycles. The number of hydrogen-bond acceptors (Lipinski definition) is 2. The molecule has 1 unspecified atom stereocenters. The zero-order chi connectivity index (χ0) is 11.6. The number of carbonyl (C=O) groups is 2. The van der Waals surface area contributed by atoms with Gasteiger partial charge in [0.05, 0.1) is 0 Å². The Balaban J connectivity index is 2.17. The van der Waals surface area contributed by atoms with Crippen molar-refractivity contribution in [3.8, 4) is 0 Å². The number of fused-ring (bicyclic) bond motifs is 1. The molecular formula is C14H20O2. The van der Waals surface area contributed by atoms with Gasteiger partial charge in [-0.15, -0.1) is 0 Å². The lowest BCUT2D eigenvalue weighted by Gasteiger charge is -2.42. The fourth-order valence-corrected chi connectivity index (χ4v) is 3.17. The Bertz CT molecular complexity index is 341. The second-order valence-corrected chi connectivity index (χ2v) is 5.33. The van der Waals surface area contributed by atoms with E-state index < -0.39 is 0 Å². The molecule has 0 bridgehead atoms. The average molecular weight is 220 g/mol. The van der Waals surface area contributed by atoms with Gasteiger partial charge in [0.2, 0.25) is 0 Å². The molecule has 2 aliphatic carbocycles. The lowest BCUT2D eigenvalue weighted by atomic mass is 9.62. The minimum Gasteiger partial charge on any atom is -0.300 e. The zero-order valence-electron chi connectivity index (χ0n) is 10.1. The lowest BCUT2D eigenvalue weighted by Crippen LogP contribution is -2.31. The molecule has 0 saturated heterocycles. The van der Waals surface area contributed by atoms with Gasteiger partial charge in [0, 0.05) is 12.8 Å². The molecule has 0 amide bonds. The van der Waals surface area contributed by atoms with Crippen molar-refractivity contribution in [1.82, 2.24) is 0 Å². The van der Waals surface area contributed by atoms with Crippen LogP contribution in [0.4, 0.5) is 0 Å². The van der Waals surface area contributed by atoms with E-state index in [1.165, 1.54) is 24.8 Å². The maximum Gasteiger partial charge on any atom is 0.155 e. The number of hydrogen-bond donors (Lipinski definition) is 0. The van der Waals surface area contributed by atoms with Gasteiger partial charge in [0.15, 0.2) is 5.78 Å². The first-order valence-electron chi connectivity index (χ1n) is 6.36. The second kappa shape index (κ2) is 4.52. The van der Waals surface area contributed by atoms with Crippen molar-refractivity contribution in [2.45, 2.75) is 58.3 Å². The highest BCUT2D eigenvalue weighted by Crippen LogP contribution is 2.49. The predicted octanol–water partition coefficient (Wildman–Crippen LogP) is 3.21. The average Bonchev–Trinajstić information content (AvgIpc) is 2.27. The third-order valence-corrected chi connectivity index (χ3v) is 4.17. The third-order valence-electron chi connectivity index (χ3n) is 4.17. The Morgan fingerprint density at radius 2 is 2.12 bits per heavy atom. The van der Waals surface area contributed by atoms with Crippen molar-refractivity contribution in [1.29, 1.82) is 0 Å². The molecule has 0 N–H and O–H groups in total. The van der Waals surface area contributed by atoms with Crippen LogP contribution in [-0.2, 0) is 9.59 Å². The molecule has 1 fully saturated rings. The van der Waals surface area contributed by atoms with E-state index in [2.05, 4.69) is 0 Å². The molecule has 2 rings (SSSR count). The summed E-state index contributed by atoms with van der Waals surface area (Å²) in [5, 5.41) is 0. The molecule has 0 aliphatic heterocycles. The Hall–Kier alpha value is -0.920. The van der Waals surface area contributed by atoms with E-state index in [4.69, 9.17) is 0 Å². The number of allylic oxidation sites excluding steroid dienone is 2. The molecule has 2 nitrogen and oxygen atoms in total. The molecule has 2 heteroatoms. The topological polar surface area (TPSA) is 34.1 Å². The van der Waals surface area contributed by atoms with Gasteiger partial charge >= 0.3 is 0 Å². The molecule has 1 atom stereocenters. The van der Waals surface area contributed by atoms with E-state index in [9.17, 15) is 9.59 Å². The Kier molecular flexibility index (Phi) is 3.27. The number of carbonyl (C=O) groups excluding carboxylic acids is 2. The van der Waals surface area contributed by atoms with Crippen LogP contribution in [0.15, 0.2) is 11.6 Å². The van der Waals surface area contributed by atoms with Crippen LogP contribution < -0.4 is 0 Å². The van der Waals surface area contributed by atoms with E-state index in [1.54, 1.807) is 6.92 Å². The van der Waals surface area contributed by atoms with Crippen LogP contribution in [0.5, 0.6) is 0 Å². The summed E-state index contributed by atoms with van der Waals surface area (Å²) in [5.74, 6) is 0.562. The zero-order valence-corrected chi connectivity index (χ0v) is 10.1. The summed E-state index contributed by atoms with van der Waals surface area (Å²) in [7, 11) is 0. The Morgan fingerprint density at radius 3 is 2.88 bits per heavy atom. The molecular weight excluding hydrogens is 200 g/mol. The van der Waals surface area contributed by atoms with Crippen molar-refractivity contribution < 1.29 is 9.59 Å². The maximum absolute atomic E-state index is 11.5. The molecule has 0 aromatic carbocycles. The smallest absolute Gasteiger partial charge is 0.155 e. The fourth-order valence-electron chi connectivity index (χ4n) is 3.17. The summed E-state index contributed by atoms with van der Waals surface area (Å²) in [5.41, 5.74) is 1.55. The lowest BCUT2D eigenvalue weighted by molar-refractivity contribution is -0.117. The normalized spacial score (nSPS) is 29.6. The van der Waals surface area contributed by atoms with E-state index in [0.29, 0.717) is 12.8 Å². The SMILES string of the molecule is CC(=O)CCC12CCCCC1=CC(=O)CC2. The first-order valence-corrected chi connectivity index (χ1v) is 6.36. The molecule has 16 heavy (non-hydrogen) atoms. The van der Waals surface area contributed by atoms with Gasteiger partial charge < -0.3 is 4.79 Å². The van der Waals surface area contributed by atoms with Crippen molar-refractivity contribution in [2.75, 3.05) is 0 Å². The van der Waals surface area contributed by atoms with E-state index in [-0.39, 0.29) is 17.0 Å². The molecule has 0 radical (unpaired) electrons. The van der Waals surface area contributed by atoms with Gasteiger partial charge in [-0.05, 0) is 50.5 Å². The summed E-state index contributed by atoms with van der Waals surface area (Å²) in [6.07, 6.45) is 9.88. The largest absolute Gasteiger partial charge is 0.300 e. The van der Waals surface area contributed by atoms with Crippen molar-refractivity contribution in [3.05, 3.63) is 11.6 Å². The van der Waals surface area contributed by atoms with Crippen LogP contribution in [0.1, 0.15) is 58.3 Å². The summed E-state index contributed by atoms with van der Waals surface area (Å²) in [6.45, 7) is 1.66. The third kappa shape index (κ3) is 2.26. The molecule has 0 aromatic rings. The number of ketones is 2. The van der Waals surface area contributed by atoms with E-state index in [1.807, 2.05) is 6.08 Å². The van der Waals surface area contributed by atoms with Crippen molar-refractivity contribution in [2.24, 2.45) is 5.41 Å². The van der Waals surface area contributed by atoms with E-state index >= 15 is 0 Å². The Morgan fingerprint density at radius 1 is 1.31 bits per heavy atom. The van der Waals surface area contributed by atoms with E-state index in [0.717, 1.165) is 19.3 Å². The van der Waals surface area contributed by atoms with Gasteiger partial charge in [-0.3, -0.25) is 4.79 Å². The predicted molar refractivity (Wildman–Crippen MR) is 63.1 cm³/mol. The van der Waals surface area contributed by atoms with Crippen LogP contribution in [0.3, 0.4) is 0 Å². The van der Waals surface area contributed by atoms with Gasteiger partial charge in [0.25, 0.3) is 0 Å². The number of rotatable bonds is 3. The standard InChI is InChI=1S/C14H20O2/c1-11(15)5-8-14-7-3-2-4-12(14)10-13(16)6-9-14/h10H,2-9H2,1H3. The summed E-state index contributed by atoms with van der Waals surface area (Å²) in [6, 6.07) is 0. The fraction of sp³-hybridized carbons (Fsp3) is 0.714. The minimum absolute atomic E-state index is 0.206. The second-order valence-electron chi connectivity index (χ2n) is 5.33. The first-order chi connectivity index (χ1) is 7.62. The highest BCUT2D eigenvalue weighted by atomic mass is 16.1. The van der Waals surface area contributed by atoms with Gasteiger partial charge in [-0.2, -0.15) is 0 Å². The first kappa shape index (κ1) is 11.6. The highest BCUT2D eigenvalue weighted by molar-refractivity contribution is 5.91. The van der Waals surface area contributed by atoms with Crippen LogP contribution >= 0.6 is 0 Å². The van der Waals surface area contributed by atoms with Gasteiger partial charge in [-0.1, -0.05) is 12.0 Å². The van der Waals surface area contributed by atoms with Gasteiger partial charge in [0.1, 0.15) is 5.78 Å². The van der Waals surface area contributed by atoms with Crippen molar-refractivity contribution in [3.63, 3.8) is 0 Å². The van der Waals surface area contributed by atoms with Gasteiger partial charge in [-0.25, -0.2) is 0 Å². The van der Waals surface area contributed by atoms with Crippen LogP contribution in [0.2, 0.25) is 0 Å². The Labute approximate surface area is 97.1 Å². The molecule has 2 aliphatic rings. The molecule has 1 saturated carbocycles. The summed E-state index contributed by atoms with van der Waals surface area (Å²) in [4.78, 5) is 22.6. The molecule has 0 spiro atoms. The van der Waals surface area contributed by atoms with Crippen molar-refractivity contribution >= 4 is 11.6 Å². The minimum atomic E-state index is 0.206. The molecule has 88 valence electrons. The highest BCUT2D eigenvalue weighted by Gasteiger charge is 2.38. The van der Waals surface area contributed by atoms with Crippen LogP contribution in [0.25, 0.3) is 0 Å². The maximum atomic E-state index is 11.5. The quantitative estimate of drug-likeness (QED) is 0.732. The molecule has 0 heterocycles. The van der Waals surface area contributed by atoms with Crippen LogP contribution in [-0.4, -0.2) is 11.6 Å². The summed E-state index contributed by atoms with van der Waals surface area (Å²) < 4.78 is 0. The monoisotopic (exact) mass is 220 g/mol. The number of Topliss-reactive ketones (excluding diaryl/α,β-unsaturated/α-hetero) is 1.